The van der Waals surface area contributed by atoms with E-state index in [-0.39, 0.29) is 24.8 Å². The van der Waals surface area contributed by atoms with Crippen molar-refractivity contribution >= 4 is 24.8 Å². The quantitative estimate of drug-likeness (QED) is 0.753. The monoisotopic (exact) mass is 362 g/mol. The van der Waals surface area contributed by atoms with Crippen molar-refractivity contribution in [3.63, 3.8) is 0 Å². The maximum absolute atomic E-state index is 5.70. The number of hydrogen-bond acceptors (Lipinski definition) is 4. The first kappa shape index (κ1) is 22.1. The third-order valence-corrected chi connectivity index (χ3v) is 3.85. The molecule has 4 nitrogen and oxygen atoms in total. The lowest BCUT2D eigenvalue weighted by Gasteiger charge is -2.35. The molecule has 1 saturated heterocycles. The van der Waals surface area contributed by atoms with Gasteiger partial charge in [0, 0.05) is 32.2 Å². The molecular weight excluding hydrogens is 335 g/mol. The minimum absolute atomic E-state index is 0. The fourth-order valence-electron chi connectivity index (χ4n) is 2.82. The van der Waals surface area contributed by atoms with Crippen LogP contribution in [-0.2, 0) is 0 Å². The highest BCUT2D eigenvalue weighted by molar-refractivity contribution is 5.85. The molecule has 0 radical (unpaired) electrons. The highest BCUT2D eigenvalue weighted by Gasteiger charge is 2.22. The van der Waals surface area contributed by atoms with Crippen molar-refractivity contribution in [2.75, 3.05) is 39.9 Å². The van der Waals surface area contributed by atoms with E-state index in [1.807, 2.05) is 19.1 Å². The molecule has 2 rings (SSSR count). The van der Waals surface area contributed by atoms with Gasteiger partial charge in [-0.2, -0.15) is 0 Å². The van der Waals surface area contributed by atoms with E-state index < -0.39 is 0 Å². The molecule has 1 N–H and O–H groups in total. The van der Waals surface area contributed by atoms with Crippen LogP contribution in [-0.4, -0.2) is 44.8 Å². The summed E-state index contributed by atoms with van der Waals surface area (Å²) in [6.45, 7) is 10.8. The molecule has 1 aliphatic heterocycles. The van der Waals surface area contributed by atoms with E-state index in [0.717, 1.165) is 44.1 Å². The second kappa shape index (κ2) is 11.6. The molecule has 132 valence electrons. The van der Waals surface area contributed by atoms with Crippen molar-refractivity contribution in [3.8, 4) is 11.5 Å². The molecule has 1 fully saturated rings. The Bertz CT molecular complexity index is 466. The molecule has 0 bridgehead atoms. The number of nitrogens with one attached hydrogen (secondary N) is 1. The molecule has 6 heteroatoms. The molecule has 1 aromatic rings. The number of piperazine rings is 1. The lowest BCUT2D eigenvalue weighted by atomic mass is 10.0. The molecule has 1 aromatic carbocycles. The minimum Gasteiger partial charge on any atom is -0.493 e. The van der Waals surface area contributed by atoms with Crippen molar-refractivity contribution in [1.29, 1.82) is 0 Å². The van der Waals surface area contributed by atoms with Gasteiger partial charge in [0.1, 0.15) is 0 Å². The Labute approximate surface area is 152 Å². The van der Waals surface area contributed by atoms with Crippen molar-refractivity contribution < 1.29 is 9.47 Å². The normalized spacial score (nSPS) is 15.7. The molecule has 23 heavy (non-hydrogen) atoms. The lowest BCUT2D eigenvalue weighted by molar-refractivity contribution is 0.174. The number of methoxy groups -OCH3 is 1. The Morgan fingerprint density at radius 3 is 2.52 bits per heavy atom. The predicted molar refractivity (Wildman–Crippen MR) is 101 cm³/mol. The van der Waals surface area contributed by atoms with Gasteiger partial charge in [0.15, 0.2) is 11.5 Å². The van der Waals surface area contributed by atoms with E-state index in [1.165, 1.54) is 5.56 Å². The topological polar surface area (TPSA) is 33.7 Å². The molecular formula is C17H28Cl2N2O2. The van der Waals surface area contributed by atoms with Gasteiger partial charge in [-0.05, 0) is 31.0 Å². The van der Waals surface area contributed by atoms with E-state index in [0.29, 0.717) is 12.6 Å². The molecule has 1 heterocycles. The van der Waals surface area contributed by atoms with E-state index >= 15 is 0 Å². The number of halogens is 2. The van der Waals surface area contributed by atoms with Gasteiger partial charge in [-0.1, -0.05) is 12.1 Å². The summed E-state index contributed by atoms with van der Waals surface area (Å²) in [5, 5.41) is 3.40. The van der Waals surface area contributed by atoms with Crippen molar-refractivity contribution in [2.24, 2.45) is 0 Å². The molecule has 0 spiro atoms. The predicted octanol–water partition coefficient (Wildman–Crippen LogP) is 3.46. The first-order valence-electron chi connectivity index (χ1n) is 7.66. The standard InChI is InChI=1S/C17H26N2O2.2ClH/c1-4-6-15(19-11-9-18-10-12-19)14-7-8-16(20-3)17(13-14)21-5-2;;/h4,7-8,13,15,18H,1,5-6,9-12H2,2-3H3;2*1H/t15-;;/m0../s1. The van der Waals surface area contributed by atoms with Crippen LogP contribution in [0.1, 0.15) is 24.9 Å². The third-order valence-electron chi connectivity index (χ3n) is 3.85. The second-order valence-corrected chi connectivity index (χ2v) is 5.17. The molecule has 0 amide bonds. The van der Waals surface area contributed by atoms with E-state index in [2.05, 4.69) is 28.9 Å². The molecule has 1 atom stereocenters. The van der Waals surface area contributed by atoms with Crippen LogP contribution in [0.15, 0.2) is 30.9 Å². The molecule has 0 saturated carbocycles. The maximum Gasteiger partial charge on any atom is 0.161 e. The summed E-state index contributed by atoms with van der Waals surface area (Å²) in [6, 6.07) is 6.60. The molecule has 0 unspecified atom stereocenters. The van der Waals surface area contributed by atoms with E-state index in [4.69, 9.17) is 9.47 Å². The number of ether oxygens (including phenoxy) is 2. The van der Waals surface area contributed by atoms with Gasteiger partial charge < -0.3 is 14.8 Å². The van der Waals surface area contributed by atoms with Gasteiger partial charge in [-0.25, -0.2) is 0 Å². The van der Waals surface area contributed by atoms with Crippen molar-refractivity contribution in [3.05, 3.63) is 36.4 Å². The van der Waals surface area contributed by atoms with Crippen LogP contribution in [0.4, 0.5) is 0 Å². The highest BCUT2D eigenvalue weighted by Crippen LogP contribution is 2.33. The summed E-state index contributed by atoms with van der Waals surface area (Å²) in [7, 11) is 1.68. The number of nitrogens with zero attached hydrogens (tertiary/aromatic N) is 1. The first-order valence-corrected chi connectivity index (χ1v) is 7.66. The van der Waals surface area contributed by atoms with Gasteiger partial charge in [0.05, 0.1) is 13.7 Å². The van der Waals surface area contributed by atoms with Gasteiger partial charge in [0.2, 0.25) is 0 Å². The fourth-order valence-corrected chi connectivity index (χ4v) is 2.82. The highest BCUT2D eigenvalue weighted by atomic mass is 35.5. The molecule has 0 aliphatic carbocycles. The van der Waals surface area contributed by atoms with E-state index in [1.54, 1.807) is 7.11 Å². The first-order chi connectivity index (χ1) is 10.3. The summed E-state index contributed by atoms with van der Waals surface area (Å²) in [5.41, 5.74) is 1.26. The zero-order valence-electron chi connectivity index (χ0n) is 13.9. The Hall–Kier alpha value is -0.940. The second-order valence-electron chi connectivity index (χ2n) is 5.17. The molecule has 1 aliphatic rings. The Morgan fingerprint density at radius 1 is 1.26 bits per heavy atom. The Kier molecular flexibility index (Phi) is 11.1. The SMILES string of the molecule is C=CC[C@@H](c1ccc(OC)c(OCC)c1)N1CCNCC1.Cl.Cl. The maximum atomic E-state index is 5.70. The van der Waals surface area contributed by atoms with Gasteiger partial charge in [-0.3, -0.25) is 4.90 Å². The Morgan fingerprint density at radius 2 is 1.96 bits per heavy atom. The average molecular weight is 363 g/mol. The summed E-state index contributed by atoms with van der Waals surface area (Å²) < 4.78 is 11.1. The van der Waals surface area contributed by atoms with Crippen molar-refractivity contribution in [2.45, 2.75) is 19.4 Å². The number of hydrogen-bond donors (Lipinski definition) is 1. The van der Waals surface area contributed by atoms with Crippen LogP contribution >= 0.6 is 24.8 Å². The third kappa shape index (κ3) is 5.88. The van der Waals surface area contributed by atoms with Crippen LogP contribution < -0.4 is 14.8 Å². The Balaban J connectivity index is 0.00000242. The molecule has 0 aromatic heterocycles. The van der Waals surface area contributed by atoms with E-state index in [9.17, 15) is 0 Å². The summed E-state index contributed by atoms with van der Waals surface area (Å²) >= 11 is 0. The summed E-state index contributed by atoms with van der Waals surface area (Å²) in [4.78, 5) is 2.51. The lowest BCUT2D eigenvalue weighted by Crippen LogP contribution is -2.45. The van der Waals surface area contributed by atoms with Crippen LogP contribution in [0.2, 0.25) is 0 Å². The van der Waals surface area contributed by atoms with Crippen LogP contribution in [0.5, 0.6) is 11.5 Å². The average Bonchev–Trinajstić information content (AvgIpc) is 2.54. The van der Waals surface area contributed by atoms with Crippen LogP contribution in [0.3, 0.4) is 0 Å². The summed E-state index contributed by atoms with van der Waals surface area (Å²) in [6.07, 6.45) is 2.94. The van der Waals surface area contributed by atoms with Crippen LogP contribution in [0, 0.1) is 0 Å². The number of benzene rings is 1. The zero-order valence-corrected chi connectivity index (χ0v) is 15.5. The number of rotatable bonds is 7. The fraction of sp³-hybridized carbons (Fsp3) is 0.529. The van der Waals surface area contributed by atoms with Crippen LogP contribution in [0.25, 0.3) is 0 Å². The zero-order chi connectivity index (χ0) is 15.1. The van der Waals surface area contributed by atoms with Crippen molar-refractivity contribution in [1.82, 2.24) is 10.2 Å². The van der Waals surface area contributed by atoms with Gasteiger partial charge >= 0.3 is 0 Å². The van der Waals surface area contributed by atoms with Gasteiger partial charge in [0.25, 0.3) is 0 Å². The largest absolute Gasteiger partial charge is 0.493 e. The van der Waals surface area contributed by atoms with Gasteiger partial charge in [-0.15, -0.1) is 31.4 Å². The minimum atomic E-state index is 0. The summed E-state index contributed by atoms with van der Waals surface area (Å²) in [5.74, 6) is 1.61. The smallest absolute Gasteiger partial charge is 0.161 e.